The average Bonchev–Trinajstić information content (AvgIpc) is 1.80. The SMILES string of the molecule is CC(C)OC(O)OC(=O)OC(C)I. The molecule has 0 saturated heterocycles. The number of rotatable bonds is 4. The lowest BCUT2D eigenvalue weighted by Gasteiger charge is -2.15. The predicted molar refractivity (Wildman–Crippen MR) is 53.3 cm³/mol. The molecule has 0 aliphatic heterocycles. The van der Waals surface area contributed by atoms with Gasteiger partial charge >= 0.3 is 12.6 Å². The quantitative estimate of drug-likeness (QED) is 0.370. The van der Waals surface area contributed by atoms with Crippen molar-refractivity contribution in [1.82, 2.24) is 0 Å². The van der Waals surface area contributed by atoms with E-state index in [0.717, 1.165) is 0 Å². The molecule has 2 atom stereocenters. The summed E-state index contributed by atoms with van der Waals surface area (Å²) < 4.78 is 13.4. The smallest absolute Gasteiger partial charge is 0.420 e. The van der Waals surface area contributed by atoms with Gasteiger partial charge in [0.2, 0.25) is 0 Å². The highest BCUT2D eigenvalue weighted by Crippen LogP contribution is 2.04. The first-order valence-corrected chi connectivity index (χ1v) is 5.01. The third kappa shape index (κ3) is 8.26. The summed E-state index contributed by atoms with van der Waals surface area (Å²) in [6, 6.07) is 0. The molecule has 0 aliphatic carbocycles. The topological polar surface area (TPSA) is 65.0 Å². The lowest BCUT2D eigenvalue weighted by Crippen LogP contribution is -2.25. The second-order valence-electron chi connectivity index (χ2n) is 2.52. The number of alkyl halides is 1. The summed E-state index contributed by atoms with van der Waals surface area (Å²) in [5.41, 5.74) is 0. The van der Waals surface area contributed by atoms with Gasteiger partial charge < -0.3 is 19.3 Å². The molecule has 0 fully saturated rings. The first kappa shape index (κ1) is 12.9. The van der Waals surface area contributed by atoms with E-state index < -0.39 is 12.6 Å². The second kappa shape index (κ2) is 6.39. The van der Waals surface area contributed by atoms with Gasteiger partial charge in [-0.1, -0.05) is 0 Å². The highest BCUT2D eigenvalue weighted by Gasteiger charge is 2.15. The van der Waals surface area contributed by atoms with Crippen LogP contribution in [0.25, 0.3) is 0 Å². The van der Waals surface area contributed by atoms with E-state index in [-0.39, 0.29) is 10.2 Å². The van der Waals surface area contributed by atoms with Crippen LogP contribution in [-0.2, 0) is 14.2 Å². The minimum Gasteiger partial charge on any atom is -0.420 e. The van der Waals surface area contributed by atoms with Crippen LogP contribution >= 0.6 is 22.6 Å². The Morgan fingerprint density at radius 2 is 1.85 bits per heavy atom. The van der Waals surface area contributed by atoms with Gasteiger partial charge in [0.05, 0.1) is 6.10 Å². The Bertz CT molecular complexity index is 159. The molecule has 0 radical (unpaired) electrons. The Balaban J connectivity index is 3.65. The zero-order chi connectivity index (χ0) is 10.4. The summed E-state index contributed by atoms with van der Waals surface area (Å²) in [7, 11) is 0. The van der Waals surface area contributed by atoms with E-state index in [2.05, 4.69) is 9.47 Å². The minimum absolute atomic E-state index is 0.222. The van der Waals surface area contributed by atoms with Gasteiger partial charge in [-0.3, -0.25) is 0 Å². The van der Waals surface area contributed by atoms with Crippen LogP contribution in [0.15, 0.2) is 0 Å². The largest absolute Gasteiger partial charge is 0.513 e. The number of carbonyl (C=O) groups excluding carboxylic acids is 1. The third-order valence-corrected chi connectivity index (χ3v) is 1.10. The molecule has 1 N–H and O–H groups in total. The van der Waals surface area contributed by atoms with Gasteiger partial charge in [0.15, 0.2) is 4.11 Å². The van der Waals surface area contributed by atoms with E-state index in [1.807, 2.05) is 22.6 Å². The average molecular weight is 304 g/mol. The zero-order valence-corrected chi connectivity index (χ0v) is 9.85. The summed E-state index contributed by atoms with van der Waals surface area (Å²) in [5, 5.41) is 8.96. The van der Waals surface area contributed by atoms with Crippen molar-refractivity contribution in [1.29, 1.82) is 0 Å². The molecule has 6 heteroatoms. The number of hydrogen-bond acceptors (Lipinski definition) is 5. The maximum atomic E-state index is 10.8. The fourth-order valence-electron chi connectivity index (χ4n) is 0.503. The van der Waals surface area contributed by atoms with Crippen molar-refractivity contribution < 1.29 is 24.1 Å². The molecule has 13 heavy (non-hydrogen) atoms. The van der Waals surface area contributed by atoms with Crippen molar-refractivity contribution in [2.75, 3.05) is 0 Å². The van der Waals surface area contributed by atoms with Crippen molar-refractivity contribution in [3.63, 3.8) is 0 Å². The molecule has 78 valence electrons. The molecule has 0 bridgehead atoms. The Kier molecular flexibility index (Phi) is 6.35. The van der Waals surface area contributed by atoms with Crippen LogP contribution in [0, 0.1) is 0 Å². The Hall–Kier alpha value is -0.0800. The van der Waals surface area contributed by atoms with Gasteiger partial charge in [-0.2, -0.15) is 0 Å². The molecule has 0 aromatic carbocycles. The van der Waals surface area contributed by atoms with E-state index in [4.69, 9.17) is 9.84 Å². The summed E-state index contributed by atoms with van der Waals surface area (Å²) >= 11 is 1.88. The molecule has 0 spiro atoms. The number of carbonyl (C=O) groups is 1. The van der Waals surface area contributed by atoms with Crippen LogP contribution < -0.4 is 0 Å². The second-order valence-corrected chi connectivity index (χ2v) is 4.27. The first-order chi connectivity index (χ1) is 5.91. The molecule has 0 saturated carbocycles. The predicted octanol–water partition coefficient (Wildman–Crippen LogP) is 1.62. The van der Waals surface area contributed by atoms with Crippen molar-refractivity contribution >= 4 is 28.7 Å². The van der Waals surface area contributed by atoms with E-state index in [0.29, 0.717) is 0 Å². The van der Waals surface area contributed by atoms with Gasteiger partial charge in [-0.05, 0) is 43.4 Å². The molecule has 0 amide bonds. The van der Waals surface area contributed by atoms with Crippen molar-refractivity contribution in [3.8, 4) is 0 Å². The van der Waals surface area contributed by atoms with Gasteiger partial charge in [-0.25, -0.2) is 4.79 Å². The summed E-state index contributed by atoms with van der Waals surface area (Å²) in [5.74, 6) is 0. The summed E-state index contributed by atoms with van der Waals surface area (Å²) in [6.07, 6.45) is -1.17. The van der Waals surface area contributed by atoms with Gasteiger partial charge in [-0.15, -0.1) is 0 Å². The van der Waals surface area contributed by atoms with Gasteiger partial charge in [0, 0.05) is 0 Å². The number of aliphatic hydroxyl groups excluding tert-OH is 1. The highest BCUT2D eigenvalue weighted by atomic mass is 127. The van der Waals surface area contributed by atoms with Crippen LogP contribution in [0.2, 0.25) is 0 Å². The van der Waals surface area contributed by atoms with Gasteiger partial charge in [0.25, 0.3) is 0 Å². The summed E-state index contributed by atoms with van der Waals surface area (Å²) in [6.45, 7) is 3.51. The van der Waals surface area contributed by atoms with E-state index in [1.165, 1.54) is 0 Å². The fourth-order valence-corrected chi connectivity index (χ4v) is 0.711. The molecular formula is C7H13IO5. The Morgan fingerprint density at radius 1 is 1.31 bits per heavy atom. The number of hydrogen-bond donors (Lipinski definition) is 1. The van der Waals surface area contributed by atoms with E-state index in [1.54, 1.807) is 20.8 Å². The van der Waals surface area contributed by atoms with Crippen LogP contribution in [0.4, 0.5) is 4.79 Å². The number of aliphatic hydroxyl groups is 1. The molecule has 5 nitrogen and oxygen atoms in total. The normalized spacial score (nSPS) is 15.2. The zero-order valence-electron chi connectivity index (χ0n) is 7.69. The molecule has 0 rings (SSSR count). The Morgan fingerprint density at radius 3 is 2.23 bits per heavy atom. The highest BCUT2D eigenvalue weighted by molar-refractivity contribution is 14.1. The molecule has 0 aromatic rings. The van der Waals surface area contributed by atoms with Crippen LogP contribution in [0.3, 0.4) is 0 Å². The lowest BCUT2D eigenvalue weighted by atomic mass is 10.5. The monoisotopic (exact) mass is 304 g/mol. The van der Waals surface area contributed by atoms with E-state index in [9.17, 15) is 4.79 Å². The molecule has 0 heterocycles. The number of halogens is 1. The van der Waals surface area contributed by atoms with Crippen molar-refractivity contribution in [2.24, 2.45) is 0 Å². The fraction of sp³-hybridized carbons (Fsp3) is 0.857. The van der Waals surface area contributed by atoms with Crippen LogP contribution in [-0.4, -0.2) is 28.0 Å². The number of ether oxygens (including phenoxy) is 3. The van der Waals surface area contributed by atoms with Crippen LogP contribution in [0.1, 0.15) is 20.8 Å². The summed E-state index contributed by atoms with van der Waals surface area (Å²) in [4.78, 5) is 10.8. The Labute approximate surface area is 90.5 Å². The minimum atomic E-state index is -1.57. The molecular weight excluding hydrogens is 291 g/mol. The third-order valence-electron chi connectivity index (χ3n) is 0.844. The van der Waals surface area contributed by atoms with E-state index >= 15 is 0 Å². The van der Waals surface area contributed by atoms with Crippen LogP contribution in [0.5, 0.6) is 0 Å². The maximum Gasteiger partial charge on any atom is 0.513 e. The lowest BCUT2D eigenvalue weighted by molar-refractivity contribution is -0.255. The molecule has 0 aromatic heterocycles. The first-order valence-electron chi connectivity index (χ1n) is 3.76. The molecule has 2 unspecified atom stereocenters. The standard InChI is InChI=1S/C7H13IO5/c1-4(2)11-6(9)13-7(10)12-5(3)8/h4-6,9H,1-3H3. The van der Waals surface area contributed by atoms with Gasteiger partial charge in [0.1, 0.15) is 0 Å². The maximum absolute atomic E-state index is 10.8. The van der Waals surface area contributed by atoms with Crippen molar-refractivity contribution in [2.45, 2.75) is 37.5 Å². The molecule has 0 aliphatic rings. The van der Waals surface area contributed by atoms with Crippen molar-refractivity contribution in [3.05, 3.63) is 0 Å².